The van der Waals surface area contributed by atoms with Gasteiger partial charge in [0.15, 0.2) is 6.61 Å². The maximum absolute atomic E-state index is 13.1. The Hall–Kier alpha value is -1.55. The molecule has 35 heavy (non-hydrogen) atoms. The molecule has 1 atom stereocenters. The number of rotatable bonds is 8. The second kappa shape index (κ2) is 11.7. The van der Waals surface area contributed by atoms with E-state index in [2.05, 4.69) is 21.2 Å². The Morgan fingerprint density at radius 3 is 2.09 bits per heavy atom. The zero-order valence-electron chi connectivity index (χ0n) is 17.9. The Kier molecular flexibility index (Phi) is 9.34. The predicted molar refractivity (Wildman–Crippen MR) is 139 cm³/mol. The van der Waals surface area contributed by atoms with Crippen LogP contribution >= 0.6 is 73.9 Å². The van der Waals surface area contributed by atoms with Crippen molar-refractivity contribution in [3.05, 3.63) is 58.9 Å². The summed E-state index contributed by atoms with van der Waals surface area (Å²) in [5.74, 6) is -3.30. The lowest BCUT2D eigenvalue weighted by Crippen LogP contribution is -2.46. The number of ether oxygens (including phenoxy) is 1. The first kappa shape index (κ1) is 28.0. The molecule has 1 N–H and O–H groups in total. The number of hydrogen-bond donors (Lipinski definition) is 1. The molecule has 3 rings (SSSR count). The van der Waals surface area contributed by atoms with E-state index in [1.54, 1.807) is 12.1 Å². The number of hydrogen-bond acceptors (Lipinski definition) is 5. The van der Waals surface area contributed by atoms with Gasteiger partial charge in [-0.25, -0.2) is 4.79 Å². The van der Waals surface area contributed by atoms with Crippen LogP contribution in [0.2, 0.25) is 25.1 Å². The average molecular weight is 646 g/mol. The molecule has 1 aliphatic rings. The lowest BCUT2D eigenvalue weighted by atomic mass is 10.1. The van der Waals surface area contributed by atoms with Crippen molar-refractivity contribution in [3.8, 4) is 0 Å². The molecule has 0 bridgehead atoms. The van der Waals surface area contributed by atoms with Crippen LogP contribution in [0, 0.1) is 0 Å². The van der Waals surface area contributed by atoms with Gasteiger partial charge in [0.2, 0.25) is 0 Å². The molecule has 13 heteroatoms. The van der Waals surface area contributed by atoms with Crippen molar-refractivity contribution in [1.29, 1.82) is 0 Å². The molecule has 0 aromatic heterocycles. The molecule has 0 fully saturated rings. The highest BCUT2D eigenvalue weighted by Crippen LogP contribution is 2.45. The second-order valence-electron chi connectivity index (χ2n) is 7.43. The molecule has 0 radical (unpaired) electrons. The normalized spacial score (nSPS) is 13.6. The third-order valence-electron chi connectivity index (χ3n) is 5.10. The number of amides is 3. The summed E-state index contributed by atoms with van der Waals surface area (Å²) in [6.45, 7) is 1.21. The number of nitrogens with one attached hydrogen (secondary N) is 1. The highest BCUT2D eigenvalue weighted by Gasteiger charge is 2.47. The molecule has 0 saturated carbocycles. The van der Waals surface area contributed by atoms with Crippen LogP contribution in [0.25, 0.3) is 0 Å². The number of unbranched alkanes of at least 4 members (excludes halogenated alkanes) is 1. The minimum Gasteiger partial charge on any atom is -0.454 e. The Morgan fingerprint density at radius 1 is 1.00 bits per heavy atom. The summed E-state index contributed by atoms with van der Waals surface area (Å²) in [4.78, 5) is 52.3. The summed E-state index contributed by atoms with van der Waals surface area (Å²) in [7, 11) is 0. The van der Waals surface area contributed by atoms with Crippen LogP contribution in [0.3, 0.4) is 0 Å². The van der Waals surface area contributed by atoms with E-state index in [1.807, 2.05) is 6.92 Å². The van der Waals surface area contributed by atoms with Gasteiger partial charge >= 0.3 is 5.97 Å². The third-order valence-corrected chi connectivity index (χ3v) is 8.13. The van der Waals surface area contributed by atoms with Gasteiger partial charge in [-0.2, -0.15) is 0 Å². The van der Waals surface area contributed by atoms with Gasteiger partial charge in [-0.15, -0.1) is 0 Å². The predicted octanol–water partition coefficient (Wildman–Crippen LogP) is 7.05. The van der Waals surface area contributed by atoms with Gasteiger partial charge in [0.25, 0.3) is 17.7 Å². The molecule has 1 heterocycles. The Balaban J connectivity index is 1.80. The van der Waals surface area contributed by atoms with Crippen LogP contribution in [-0.4, -0.2) is 41.2 Å². The number of nitrogens with zero attached hydrogens (tertiary/aromatic N) is 1. The fourth-order valence-corrected chi connectivity index (χ4v) is 4.84. The molecular formula is C22H16BrCl5N2O5. The highest BCUT2D eigenvalue weighted by atomic mass is 79.9. The molecule has 2 aromatic rings. The van der Waals surface area contributed by atoms with Crippen molar-refractivity contribution < 1.29 is 23.9 Å². The zero-order chi connectivity index (χ0) is 26.0. The largest absolute Gasteiger partial charge is 0.454 e. The van der Waals surface area contributed by atoms with E-state index in [1.165, 1.54) is 6.07 Å². The molecule has 0 saturated heterocycles. The van der Waals surface area contributed by atoms with Gasteiger partial charge in [-0.05, 0) is 40.5 Å². The molecular weight excluding hydrogens is 629 g/mol. The summed E-state index contributed by atoms with van der Waals surface area (Å²) in [6.07, 6.45) is 1.25. The van der Waals surface area contributed by atoms with Crippen molar-refractivity contribution in [2.75, 3.05) is 11.9 Å². The van der Waals surface area contributed by atoms with Gasteiger partial charge in [-0.1, -0.05) is 77.8 Å². The Bertz CT molecular complexity index is 1190. The van der Waals surface area contributed by atoms with E-state index in [-0.39, 0.29) is 37.6 Å². The number of anilines is 1. The van der Waals surface area contributed by atoms with Crippen molar-refractivity contribution in [3.63, 3.8) is 0 Å². The van der Waals surface area contributed by atoms with Gasteiger partial charge < -0.3 is 10.1 Å². The number of benzene rings is 2. The topological polar surface area (TPSA) is 92.8 Å². The number of carbonyl (C=O) groups is 4. The van der Waals surface area contributed by atoms with E-state index < -0.39 is 36.3 Å². The zero-order valence-corrected chi connectivity index (χ0v) is 23.3. The van der Waals surface area contributed by atoms with E-state index in [4.69, 9.17) is 62.7 Å². The minimum atomic E-state index is -1.32. The van der Waals surface area contributed by atoms with Crippen LogP contribution in [0.4, 0.5) is 5.69 Å². The maximum atomic E-state index is 13.1. The number of fused-ring (bicyclic) bond motifs is 1. The molecule has 0 aliphatic carbocycles. The standard InChI is InChI=1S/C22H16BrCl5N2O5/c1-2-3-4-12(22(34)35-8-13(31)29-9-5-6-10(23)11(24)7-9)30-20(32)14-15(21(30)33)17(26)19(28)18(27)16(14)25/h5-7,12H,2-4,8H2,1H3,(H,29,31)/t12-/m0/s1. The van der Waals surface area contributed by atoms with Crippen molar-refractivity contribution in [2.45, 2.75) is 32.2 Å². The number of carbonyl (C=O) groups excluding carboxylic acids is 4. The molecule has 186 valence electrons. The fraction of sp³-hybridized carbons (Fsp3) is 0.273. The van der Waals surface area contributed by atoms with Crippen LogP contribution in [-0.2, 0) is 14.3 Å². The van der Waals surface area contributed by atoms with Gasteiger partial charge in [0, 0.05) is 10.2 Å². The smallest absolute Gasteiger partial charge is 0.329 e. The number of imide groups is 1. The first-order valence-electron chi connectivity index (χ1n) is 10.1. The van der Waals surface area contributed by atoms with E-state index >= 15 is 0 Å². The molecule has 7 nitrogen and oxygen atoms in total. The van der Waals surface area contributed by atoms with E-state index in [0.717, 1.165) is 4.90 Å². The summed E-state index contributed by atoms with van der Waals surface area (Å²) >= 11 is 33.7. The first-order valence-corrected chi connectivity index (χ1v) is 12.8. The fourth-order valence-electron chi connectivity index (χ4n) is 3.40. The summed E-state index contributed by atoms with van der Waals surface area (Å²) in [5, 5.41) is 2.07. The van der Waals surface area contributed by atoms with E-state index in [9.17, 15) is 19.2 Å². The summed E-state index contributed by atoms with van der Waals surface area (Å²) < 4.78 is 5.79. The first-order chi connectivity index (χ1) is 16.5. The lowest BCUT2D eigenvalue weighted by Gasteiger charge is -2.24. The molecule has 2 aromatic carbocycles. The Labute approximate surface area is 234 Å². The lowest BCUT2D eigenvalue weighted by molar-refractivity contribution is -0.151. The van der Waals surface area contributed by atoms with Gasteiger partial charge in [-0.3, -0.25) is 19.3 Å². The quantitative estimate of drug-likeness (QED) is 0.144. The van der Waals surface area contributed by atoms with Crippen LogP contribution in [0.5, 0.6) is 0 Å². The summed E-state index contributed by atoms with van der Waals surface area (Å²) in [6, 6.07) is 3.43. The van der Waals surface area contributed by atoms with Crippen LogP contribution in [0.1, 0.15) is 46.9 Å². The summed E-state index contributed by atoms with van der Waals surface area (Å²) in [5.41, 5.74) is -0.0920. The van der Waals surface area contributed by atoms with Crippen molar-refractivity contribution >= 4 is 103 Å². The number of halogens is 6. The van der Waals surface area contributed by atoms with Crippen LogP contribution in [0.15, 0.2) is 22.7 Å². The SMILES string of the molecule is CCCC[C@@H](C(=O)OCC(=O)Nc1ccc(Br)c(Cl)c1)N1C(=O)c2c(Cl)c(Cl)c(Cl)c(Cl)c2C1=O. The highest BCUT2D eigenvalue weighted by molar-refractivity contribution is 9.10. The molecule has 0 spiro atoms. The van der Waals surface area contributed by atoms with Crippen LogP contribution < -0.4 is 5.32 Å². The maximum Gasteiger partial charge on any atom is 0.329 e. The second-order valence-corrected chi connectivity index (χ2v) is 10.2. The van der Waals surface area contributed by atoms with Crippen molar-refractivity contribution in [2.24, 2.45) is 0 Å². The molecule has 0 unspecified atom stereocenters. The molecule has 3 amide bonds. The number of esters is 1. The molecule has 1 aliphatic heterocycles. The van der Waals surface area contributed by atoms with Gasteiger partial charge in [0.1, 0.15) is 6.04 Å². The Morgan fingerprint density at radius 2 is 1.57 bits per heavy atom. The average Bonchev–Trinajstić information content (AvgIpc) is 3.08. The minimum absolute atomic E-state index is 0.0987. The third kappa shape index (κ3) is 5.73. The monoisotopic (exact) mass is 642 g/mol. The van der Waals surface area contributed by atoms with E-state index in [0.29, 0.717) is 28.0 Å². The van der Waals surface area contributed by atoms with Gasteiger partial charge in [0.05, 0.1) is 36.2 Å². The van der Waals surface area contributed by atoms with Crippen molar-refractivity contribution in [1.82, 2.24) is 4.90 Å².